The van der Waals surface area contributed by atoms with Gasteiger partial charge < -0.3 is 19.0 Å². The van der Waals surface area contributed by atoms with E-state index in [4.69, 9.17) is 19.0 Å². The summed E-state index contributed by atoms with van der Waals surface area (Å²) in [6.07, 6.45) is 2.16. The van der Waals surface area contributed by atoms with E-state index in [0.717, 1.165) is 6.20 Å². The van der Waals surface area contributed by atoms with Crippen molar-refractivity contribution < 1.29 is 28.7 Å². The van der Waals surface area contributed by atoms with Gasteiger partial charge in [0.2, 0.25) is 12.0 Å². The van der Waals surface area contributed by atoms with Crippen LogP contribution in [-0.2, 0) is 6.61 Å². The third-order valence-electron chi connectivity index (χ3n) is 2.82. The third kappa shape index (κ3) is 4.34. The number of methoxy groups -OCH3 is 1. The fraction of sp³-hybridized carbons (Fsp3) is 0.133. The van der Waals surface area contributed by atoms with Crippen molar-refractivity contribution in [2.75, 3.05) is 7.11 Å². The van der Waals surface area contributed by atoms with E-state index in [0.29, 0.717) is 22.8 Å². The van der Waals surface area contributed by atoms with Gasteiger partial charge in [-0.15, -0.1) is 0 Å². The number of carboxylic acid groups (broad SMARTS) is 1. The molecule has 0 atom stereocenters. The number of nitro groups is 1. The number of ether oxygens (including phenoxy) is 2. The molecule has 0 saturated heterocycles. The predicted octanol–water partition coefficient (Wildman–Crippen LogP) is 2.81. The van der Waals surface area contributed by atoms with Crippen LogP contribution in [0.5, 0.6) is 11.5 Å². The zero-order chi connectivity index (χ0) is 16.8. The van der Waals surface area contributed by atoms with E-state index < -0.39 is 10.9 Å². The molecular weight excluding hydrogens is 306 g/mol. The second-order valence-electron chi connectivity index (χ2n) is 4.37. The van der Waals surface area contributed by atoms with Gasteiger partial charge in [-0.2, -0.15) is 0 Å². The van der Waals surface area contributed by atoms with Crippen LogP contribution < -0.4 is 9.47 Å². The predicted molar refractivity (Wildman–Crippen MR) is 79.0 cm³/mol. The number of hydrogen-bond acceptors (Lipinski definition) is 6. The summed E-state index contributed by atoms with van der Waals surface area (Å²) < 4.78 is 15.8. The Bertz CT molecular complexity index is 748. The van der Waals surface area contributed by atoms with Crippen LogP contribution in [0.25, 0.3) is 6.08 Å². The molecule has 0 fully saturated rings. The summed E-state index contributed by atoms with van der Waals surface area (Å²) in [5.41, 5.74) is 0.581. The Morgan fingerprint density at radius 1 is 1.35 bits per heavy atom. The van der Waals surface area contributed by atoms with Crippen LogP contribution in [0.15, 0.2) is 40.9 Å². The van der Waals surface area contributed by atoms with E-state index in [1.165, 1.54) is 25.3 Å². The number of carboxylic acids is 1. The van der Waals surface area contributed by atoms with Crippen molar-refractivity contribution in [3.05, 3.63) is 63.7 Å². The summed E-state index contributed by atoms with van der Waals surface area (Å²) in [7, 11) is 1.44. The number of carbonyl (C=O) groups is 1. The molecule has 2 aromatic rings. The van der Waals surface area contributed by atoms with Crippen LogP contribution in [0.3, 0.4) is 0 Å². The van der Waals surface area contributed by atoms with Gasteiger partial charge in [-0.05, 0) is 29.8 Å². The number of rotatable bonds is 7. The zero-order valence-electron chi connectivity index (χ0n) is 12.1. The Balaban J connectivity index is 2.09. The SMILES string of the molecule is COc1cc(/C=C\[N+](=O)[O-])ccc1OCc1ccc(C(=O)O)o1. The van der Waals surface area contributed by atoms with Crippen molar-refractivity contribution in [1.29, 1.82) is 0 Å². The standard InChI is InChI=1S/C15H13NO7/c1-21-14-8-10(6-7-16(19)20)2-4-12(14)22-9-11-3-5-13(23-11)15(17)18/h2-8H,9H2,1H3,(H,17,18)/b7-6-. The molecular formula is C15H13NO7. The van der Waals surface area contributed by atoms with Crippen molar-refractivity contribution in [1.82, 2.24) is 0 Å². The molecule has 2 rings (SSSR count). The van der Waals surface area contributed by atoms with Crippen LogP contribution in [0.4, 0.5) is 0 Å². The Morgan fingerprint density at radius 2 is 2.13 bits per heavy atom. The second-order valence-corrected chi connectivity index (χ2v) is 4.37. The molecule has 0 bridgehead atoms. The highest BCUT2D eigenvalue weighted by molar-refractivity contribution is 5.84. The molecule has 23 heavy (non-hydrogen) atoms. The van der Waals surface area contributed by atoms with Crippen LogP contribution in [0.1, 0.15) is 21.9 Å². The molecule has 0 aliphatic carbocycles. The van der Waals surface area contributed by atoms with Crippen molar-refractivity contribution in [3.63, 3.8) is 0 Å². The third-order valence-corrected chi connectivity index (χ3v) is 2.82. The fourth-order valence-corrected chi connectivity index (χ4v) is 1.77. The molecule has 0 aliphatic heterocycles. The van der Waals surface area contributed by atoms with E-state index in [-0.39, 0.29) is 12.4 Å². The van der Waals surface area contributed by atoms with E-state index in [1.807, 2.05) is 0 Å². The van der Waals surface area contributed by atoms with Gasteiger partial charge >= 0.3 is 5.97 Å². The summed E-state index contributed by atoms with van der Waals surface area (Å²) in [4.78, 5) is 20.5. The van der Waals surface area contributed by atoms with Crippen LogP contribution >= 0.6 is 0 Å². The van der Waals surface area contributed by atoms with Crippen LogP contribution in [0, 0.1) is 10.1 Å². The van der Waals surface area contributed by atoms with Gasteiger partial charge in [0.25, 0.3) is 0 Å². The lowest BCUT2D eigenvalue weighted by Crippen LogP contribution is -1.97. The van der Waals surface area contributed by atoms with Crippen molar-refractivity contribution in [2.24, 2.45) is 0 Å². The largest absolute Gasteiger partial charge is 0.493 e. The van der Waals surface area contributed by atoms with Gasteiger partial charge in [-0.25, -0.2) is 4.79 Å². The van der Waals surface area contributed by atoms with Crippen LogP contribution in [0.2, 0.25) is 0 Å². The molecule has 1 heterocycles. The van der Waals surface area contributed by atoms with Gasteiger partial charge in [0.15, 0.2) is 11.5 Å². The highest BCUT2D eigenvalue weighted by Gasteiger charge is 2.11. The van der Waals surface area contributed by atoms with Gasteiger partial charge in [0.1, 0.15) is 12.4 Å². The maximum absolute atomic E-state index is 10.7. The first-order valence-corrected chi connectivity index (χ1v) is 6.44. The van der Waals surface area contributed by atoms with E-state index in [9.17, 15) is 14.9 Å². The monoisotopic (exact) mass is 319 g/mol. The minimum Gasteiger partial charge on any atom is -0.493 e. The lowest BCUT2D eigenvalue weighted by Gasteiger charge is -2.10. The molecule has 1 N–H and O–H groups in total. The summed E-state index contributed by atoms with van der Waals surface area (Å²) >= 11 is 0. The molecule has 120 valence electrons. The fourth-order valence-electron chi connectivity index (χ4n) is 1.77. The molecule has 0 aliphatic rings. The van der Waals surface area contributed by atoms with E-state index in [2.05, 4.69) is 0 Å². The molecule has 0 amide bonds. The summed E-state index contributed by atoms with van der Waals surface area (Å²) in [6.45, 7) is 0.0216. The number of aromatic carboxylic acids is 1. The molecule has 1 aromatic heterocycles. The number of benzene rings is 1. The average molecular weight is 319 g/mol. The lowest BCUT2D eigenvalue weighted by atomic mass is 10.2. The summed E-state index contributed by atoms with van der Waals surface area (Å²) in [5.74, 6) is -0.187. The molecule has 8 heteroatoms. The maximum atomic E-state index is 10.7. The lowest BCUT2D eigenvalue weighted by molar-refractivity contribution is -0.400. The minimum absolute atomic E-state index is 0.0216. The maximum Gasteiger partial charge on any atom is 0.371 e. The molecule has 8 nitrogen and oxygen atoms in total. The summed E-state index contributed by atoms with van der Waals surface area (Å²) in [6, 6.07) is 7.65. The highest BCUT2D eigenvalue weighted by atomic mass is 16.6. The summed E-state index contributed by atoms with van der Waals surface area (Å²) in [5, 5.41) is 19.1. The Morgan fingerprint density at radius 3 is 2.74 bits per heavy atom. The van der Waals surface area contributed by atoms with Crippen molar-refractivity contribution in [3.8, 4) is 11.5 Å². The molecule has 1 aromatic carbocycles. The Kier molecular flexibility index (Phi) is 4.98. The van der Waals surface area contributed by atoms with Crippen molar-refractivity contribution >= 4 is 12.0 Å². The zero-order valence-corrected chi connectivity index (χ0v) is 12.1. The van der Waals surface area contributed by atoms with Gasteiger partial charge in [0.05, 0.1) is 12.0 Å². The smallest absolute Gasteiger partial charge is 0.371 e. The Labute approximate surface area is 130 Å². The topological polar surface area (TPSA) is 112 Å². The van der Waals surface area contributed by atoms with Crippen LogP contribution in [-0.4, -0.2) is 23.1 Å². The van der Waals surface area contributed by atoms with Crippen molar-refractivity contribution in [2.45, 2.75) is 6.61 Å². The quantitative estimate of drug-likeness (QED) is 0.616. The van der Waals surface area contributed by atoms with E-state index >= 15 is 0 Å². The Hall–Kier alpha value is -3.29. The molecule has 0 saturated carbocycles. The first kappa shape index (κ1) is 16.1. The first-order valence-electron chi connectivity index (χ1n) is 6.44. The average Bonchev–Trinajstić information content (AvgIpc) is 3.00. The van der Waals surface area contributed by atoms with Gasteiger partial charge in [-0.3, -0.25) is 10.1 Å². The second kappa shape index (κ2) is 7.12. The normalized spacial score (nSPS) is 10.7. The van der Waals surface area contributed by atoms with Gasteiger partial charge in [-0.1, -0.05) is 6.07 Å². The van der Waals surface area contributed by atoms with E-state index in [1.54, 1.807) is 18.2 Å². The number of furan rings is 1. The number of nitrogens with zero attached hydrogens (tertiary/aromatic N) is 1. The van der Waals surface area contributed by atoms with Gasteiger partial charge in [0, 0.05) is 6.08 Å². The highest BCUT2D eigenvalue weighted by Crippen LogP contribution is 2.29. The first-order chi connectivity index (χ1) is 11.0. The number of hydrogen-bond donors (Lipinski definition) is 1. The molecule has 0 unspecified atom stereocenters. The molecule has 0 spiro atoms. The minimum atomic E-state index is -1.16. The molecule has 0 radical (unpaired) electrons.